The number of halogens is 1. The minimum Gasteiger partial charge on any atom is -0.497 e. The molecule has 0 aliphatic rings. The van der Waals surface area contributed by atoms with Crippen LogP contribution in [-0.2, 0) is 16.1 Å². The first-order valence-electron chi connectivity index (χ1n) is 7.81. The van der Waals surface area contributed by atoms with Gasteiger partial charge in [-0.3, -0.25) is 0 Å². The van der Waals surface area contributed by atoms with Crippen LogP contribution in [0, 0.1) is 6.92 Å². The second-order valence-electron chi connectivity index (χ2n) is 5.53. The molecule has 2 aromatic rings. The summed E-state index contributed by atoms with van der Waals surface area (Å²) in [5.74, 6) is 0.606. The van der Waals surface area contributed by atoms with Crippen molar-refractivity contribution in [3.8, 4) is 17.2 Å². The number of aliphatic carboxylic acids is 1. The maximum atomic E-state index is 11.6. The number of carboxylic acids is 1. The molecule has 7 heteroatoms. The number of carboxylic acid groups (broad SMARTS) is 1. The Balaban J connectivity index is 2.40. The minimum absolute atomic E-state index is 0.270. The molecular weight excluding hydrogens is 404 g/mol. The molecule has 140 valence electrons. The van der Waals surface area contributed by atoms with Crippen LogP contribution < -0.4 is 14.2 Å². The molecule has 2 aromatic carbocycles. The van der Waals surface area contributed by atoms with Gasteiger partial charge < -0.3 is 24.1 Å². The third-order valence-corrected chi connectivity index (χ3v) is 4.93. The van der Waals surface area contributed by atoms with Crippen molar-refractivity contribution in [1.82, 2.24) is 0 Å². The van der Waals surface area contributed by atoms with Crippen molar-refractivity contribution >= 4 is 21.9 Å². The summed E-state index contributed by atoms with van der Waals surface area (Å²) in [6.45, 7) is 2.10. The fourth-order valence-corrected chi connectivity index (χ4v) is 3.00. The van der Waals surface area contributed by atoms with Gasteiger partial charge in [0.1, 0.15) is 23.9 Å². The van der Waals surface area contributed by atoms with Crippen LogP contribution in [0.25, 0.3) is 0 Å². The summed E-state index contributed by atoms with van der Waals surface area (Å²) < 4.78 is 22.3. The number of ether oxygens (including phenoxy) is 4. The highest BCUT2D eigenvalue weighted by molar-refractivity contribution is 9.10. The second kappa shape index (κ2) is 8.91. The molecule has 0 unspecified atom stereocenters. The first-order valence-corrected chi connectivity index (χ1v) is 8.60. The normalized spacial score (nSPS) is 11.7. The van der Waals surface area contributed by atoms with Crippen molar-refractivity contribution in [1.29, 1.82) is 0 Å². The van der Waals surface area contributed by atoms with Crippen LogP contribution in [0.15, 0.2) is 34.8 Å². The van der Waals surface area contributed by atoms with Crippen molar-refractivity contribution in [3.63, 3.8) is 0 Å². The summed E-state index contributed by atoms with van der Waals surface area (Å²) in [7, 11) is 4.46. The fraction of sp³-hybridized carbons (Fsp3) is 0.316. The van der Waals surface area contributed by atoms with Gasteiger partial charge in [-0.1, -0.05) is 12.1 Å². The number of methoxy groups -OCH3 is 3. The molecular formula is C19H21BrO6. The standard InChI is InChI=1S/C19H21BrO6/c1-11-16(20)15(24-3)9-14(18(25-4)19(21)22)17(11)26-10-12-5-7-13(23-2)8-6-12/h5-9,18H,10H2,1-4H3,(H,21,22)/t18-/m1/s1. The van der Waals surface area contributed by atoms with E-state index in [1.165, 1.54) is 14.2 Å². The van der Waals surface area contributed by atoms with Gasteiger partial charge >= 0.3 is 5.97 Å². The first kappa shape index (κ1) is 20.1. The van der Waals surface area contributed by atoms with Crippen LogP contribution >= 0.6 is 15.9 Å². The first-order chi connectivity index (χ1) is 12.4. The van der Waals surface area contributed by atoms with Crippen molar-refractivity contribution in [3.05, 3.63) is 51.5 Å². The van der Waals surface area contributed by atoms with E-state index in [1.54, 1.807) is 13.2 Å². The Morgan fingerprint density at radius 2 is 1.81 bits per heavy atom. The van der Waals surface area contributed by atoms with E-state index in [-0.39, 0.29) is 6.61 Å². The Kier molecular flexibility index (Phi) is 6.88. The third-order valence-electron chi connectivity index (χ3n) is 3.94. The quantitative estimate of drug-likeness (QED) is 0.686. The molecule has 0 aliphatic carbocycles. The number of rotatable bonds is 8. The van der Waals surface area contributed by atoms with Gasteiger partial charge in [-0.2, -0.15) is 0 Å². The summed E-state index contributed by atoms with van der Waals surface area (Å²) in [5.41, 5.74) is 2.05. The highest BCUT2D eigenvalue weighted by Crippen LogP contribution is 2.41. The predicted molar refractivity (Wildman–Crippen MR) is 100 cm³/mol. The third kappa shape index (κ3) is 4.28. The van der Waals surface area contributed by atoms with E-state index < -0.39 is 12.1 Å². The topological polar surface area (TPSA) is 74.2 Å². The summed E-state index contributed by atoms with van der Waals surface area (Å²) >= 11 is 3.47. The zero-order valence-corrected chi connectivity index (χ0v) is 16.6. The van der Waals surface area contributed by atoms with Crippen molar-refractivity contribution in [2.24, 2.45) is 0 Å². The lowest BCUT2D eigenvalue weighted by Crippen LogP contribution is -2.16. The Hall–Kier alpha value is -2.25. The van der Waals surface area contributed by atoms with Crippen LogP contribution in [0.4, 0.5) is 0 Å². The zero-order valence-electron chi connectivity index (χ0n) is 15.0. The van der Waals surface area contributed by atoms with Gasteiger partial charge in [-0.25, -0.2) is 4.79 Å². The maximum absolute atomic E-state index is 11.6. The van der Waals surface area contributed by atoms with Gasteiger partial charge in [-0.05, 0) is 46.6 Å². The molecule has 0 aliphatic heterocycles. The number of carbonyl (C=O) groups is 1. The molecule has 0 bridgehead atoms. The average molecular weight is 425 g/mol. The van der Waals surface area contributed by atoms with Crippen LogP contribution in [0.3, 0.4) is 0 Å². The molecule has 0 radical (unpaired) electrons. The zero-order chi connectivity index (χ0) is 19.3. The summed E-state index contributed by atoms with van der Waals surface area (Å²) in [5, 5.41) is 9.47. The fourth-order valence-electron chi connectivity index (χ4n) is 2.54. The molecule has 2 rings (SSSR count). The summed E-state index contributed by atoms with van der Waals surface area (Å²) in [4.78, 5) is 11.6. The van der Waals surface area contributed by atoms with Gasteiger partial charge in [0.05, 0.1) is 18.7 Å². The molecule has 0 saturated heterocycles. The summed E-state index contributed by atoms with van der Waals surface area (Å²) in [6.07, 6.45) is -1.17. The monoisotopic (exact) mass is 424 g/mol. The number of benzene rings is 2. The number of hydrogen-bond acceptors (Lipinski definition) is 5. The second-order valence-corrected chi connectivity index (χ2v) is 6.32. The molecule has 0 saturated carbocycles. The van der Waals surface area contributed by atoms with Crippen LogP contribution in [-0.4, -0.2) is 32.4 Å². The molecule has 0 heterocycles. The van der Waals surface area contributed by atoms with Crippen molar-refractivity contribution < 1.29 is 28.8 Å². The van der Waals surface area contributed by atoms with E-state index in [0.717, 1.165) is 16.9 Å². The van der Waals surface area contributed by atoms with Gasteiger partial charge in [0.25, 0.3) is 0 Å². The van der Waals surface area contributed by atoms with Gasteiger partial charge in [0.15, 0.2) is 6.10 Å². The molecule has 6 nitrogen and oxygen atoms in total. The largest absolute Gasteiger partial charge is 0.497 e. The minimum atomic E-state index is -1.17. The lowest BCUT2D eigenvalue weighted by Gasteiger charge is -2.21. The van der Waals surface area contributed by atoms with E-state index in [2.05, 4.69) is 15.9 Å². The highest BCUT2D eigenvalue weighted by Gasteiger charge is 2.27. The average Bonchev–Trinajstić information content (AvgIpc) is 2.64. The SMILES string of the molecule is COc1ccc(COc2c([C@@H](OC)C(=O)O)cc(OC)c(Br)c2C)cc1. The molecule has 1 atom stereocenters. The molecule has 0 fully saturated rings. The number of hydrogen-bond donors (Lipinski definition) is 1. The predicted octanol–water partition coefficient (Wildman–Crippen LogP) is 4.13. The molecule has 26 heavy (non-hydrogen) atoms. The van der Waals surface area contributed by atoms with E-state index in [4.69, 9.17) is 18.9 Å². The maximum Gasteiger partial charge on any atom is 0.337 e. The summed E-state index contributed by atoms with van der Waals surface area (Å²) in [6, 6.07) is 9.06. The van der Waals surface area contributed by atoms with E-state index in [9.17, 15) is 9.90 Å². The highest BCUT2D eigenvalue weighted by atomic mass is 79.9. The van der Waals surface area contributed by atoms with Gasteiger partial charge in [0.2, 0.25) is 0 Å². The molecule has 1 N–H and O–H groups in total. The Bertz CT molecular complexity index is 773. The smallest absolute Gasteiger partial charge is 0.337 e. The van der Waals surface area contributed by atoms with Crippen LogP contribution in [0.2, 0.25) is 0 Å². The van der Waals surface area contributed by atoms with Crippen molar-refractivity contribution in [2.75, 3.05) is 21.3 Å². The van der Waals surface area contributed by atoms with Gasteiger partial charge in [0, 0.05) is 18.2 Å². The van der Waals surface area contributed by atoms with Crippen LogP contribution in [0.1, 0.15) is 22.8 Å². The Labute approximate surface area is 160 Å². The Morgan fingerprint density at radius 1 is 1.15 bits per heavy atom. The molecule has 0 spiro atoms. The Morgan fingerprint density at radius 3 is 2.31 bits per heavy atom. The van der Waals surface area contributed by atoms with E-state index in [0.29, 0.717) is 21.5 Å². The van der Waals surface area contributed by atoms with E-state index >= 15 is 0 Å². The van der Waals surface area contributed by atoms with Gasteiger partial charge in [-0.15, -0.1) is 0 Å². The van der Waals surface area contributed by atoms with Crippen molar-refractivity contribution in [2.45, 2.75) is 19.6 Å². The molecule has 0 aromatic heterocycles. The molecule has 0 amide bonds. The lowest BCUT2D eigenvalue weighted by atomic mass is 10.0. The van der Waals surface area contributed by atoms with Crippen LogP contribution in [0.5, 0.6) is 17.2 Å². The van der Waals surface area contributed by atoms with E-state index in [1.807, 2.05) is 31.2 Å². The lowest BCUT2D eigenvalue weighted by molar-refractivity contribution is -0.149.